The maximum atomic E-state index is 8.98. The lowest BCUT2D eigenvalue weighted by Gasteiger charge is -2.28. The molecule has 0 atom stereocenters. The fourth-order valence-electron chi connectivity index (χ4n) is 3.13. The van der Waals surface area contributed by atoms with Crippen molar-refractivity contribution in [3.63, 3.8) is 0 Å². The average molecular weight is 380 g/mol. The molecule has 0 spiro atoms. The molecule has 4 nitrogen and oxygen atoms in total. The molecule has 0 bridgehead atoms. The molecular formula is C22H25N3OS. The molecule has 1 saturated heterocycles. The molecule has 0 saturated carbocycles. The van der Waals surface area contributed by atoms with Crippen molar-refractivity contribution >= 4 is 17.4 Å². The number of piperidine rings is 1. The summed E-state index contributed by atoms with van der Waals surface area (Å²) in [6.07, 6.45) is 8.67. The Balaban J connectivity index is 1.51. The van der Waals surface area contributed by atoms with Gasteiger partial charge in [0.1, 0.15) is 5.75 Å². The van der Waals surface area contributed by atoms with Crippen LogP contribution in [0.4, 0.5) is 0 Å². The lowest BCUT2D eigenvalue weighted by Crippen LogP contribution is -2.34. The summed E-state index contributed by atoms with van der Waals surface area (Å²) in [7, 11) is 0. The van der Waals surface area contributed by atoms with Gasteiger partial charge in [-0.3, -0.25) is 0 Å². The highest BCUT2D eigenvalue weighted by atomic mass is 32.1. The first-order valence-corrected chi connectivity index (χ1v) is 10.1. The summed E-state index contributed by atoms with van der Waals surface area (Å²) in [5.74, 6) is 1.06. The van der Waals surface area contributed by atoms with Crippen LogP contribution < -0.4 is 4.74 Å². The molecule has 1 aliphatic heterocycles. The largest absolute Gasteiger partial charge is 0.431 e. The number of hydrogen-bond acceptors (Lipinski definition) is 5. The maximum absolute atomic E-state index is 8.98. The number of likely N-dealkylation sites (tertiary alicyclic amines) is 1. The molecule has 1 fully saturated rings. The van der Waals surface area contributed by atoms with E-state index in [9.17, 15) is 0 Å². The van der Waals surface area contributed by atoms with E-state index in [4.69, 9.17) is 10.00 Å². The number of aryl methyl sites for hydroxylation is 1. The average Bonchev–Trinajstić information content (AvgIpc) is 3.05. The number of aromatic nitrogens is 1. The van der Waals surface area contributed by atoms with Gasteiger partial charge < -0.3 is 9.64 Å². The first kappa shape index (κ1) is 19.3. The maximum Gasteiger partial charge on any atom is 0.279 e. The highest BCUT2D eigenvalue weighted by Gasteiger charge is 2.18. The summed E-state index contributed by atoms with van der Waals surface area (Å²) < 4.78 is 5.90. The molecule has 1 aromatic carbocycles. The van der Waals surface area contributed by atoms with E-state index in [0.29, 0.717) is 5.19 Å². The number of nitriles is 1. The highest BCUT2D eigenvalue weighted by Crippen LogP contribution is 2.30. The van der Waals surface area contributed by atoms with Gasteiger partial charge in [-0.15, -0.1) is 0 Å². The summed E-state index contributed by atoms with van der Waals surface area (Å²) in [5.41, 5.74) is 2.26. The van der Waals surface area contributed by atoms with Crippen LogP contribution >= 0.6 is 11.3 Å². The van der Waals surface area contributed by atoms with Crippen LogP contribution in [0, 0.1) is 24.2 Å². The SMILES string of the molecule is C=C/C=C\c1sc(Oc2ccc(CCN3CCC(C#N)CC3)cc2)nc1C. The van der Waals surface area contributed by atoms with Gasteiger partial charge in [0.15, 0.2) is 0 Å². The third kappa shape index (κ3) is 5.53. The van der Waals surface area contributed by atoms with E-state index in [1.807, 2.05) is 31.2 Å². The zero-order chi connectivity index (χ0) is 19.1. The van der Waals surface area contributed by atoms with Crippen molar-refractivity contribution < 1.29 is 4.74 Å². The van der Waals surface area contributed by atoms with E-state index in [1.54, 1.807) is 6.08 Å². The van der Waals surface area contributed by atoms with Crippen LogP contribution in [0.25, 0.3) is 6.08 Å². The van der Waals surface area contributed by atoms with E-state index >= 15 is 0 Å². The fraction of sp³-hybridized carbons (Fsp3) is 0.364. The number of ether oxygens (including phenoxy) is 1. The second-order valence-corrected chi connectivity index (χ2v) is 7.76. The Morgan fingerprint density at radius 1 is 1.33 bits per heavy atom. The van der Waals surface area contributed by atoms with Gasteiger partial charge in [0.2, 0.25) is 0 Å². The first-order chi connectivity index (χ1) is 13.2. The van der Waals surface area contributed by atoms with E-state index in [-0.39, 0.29) is 5.92 Å². The van der Waals surface area contributed by atoms with Gasteiger partial charge in [0, 0.05) is 12.5 Å². The van der Waals surface area contributed by atoms with Crippen LogP contribution in [0.2, 0.25) is 0 Å². The molecule has 1 aliphatic rings. The van der Waals surface area contributed by atoms with E-state index in [1.165, 1.54) is 16.9 Å². The predicted octanol–water partition coefficient (Wildman–Crippen LogP) is 5.22. The Bertz CT molecular complexity index is 824. The van der Waals surface area contributed by atoms with Crippen molar-refractivity contribution in [2.75, 3.05) is 19.6 Å². The second-order valence-electron chi connectivity index (χ2n) is 6.77. The first-order valence-electron chi connectivity index (χ1n) is 9.33. The van der Waals surface area contributed by atoms with Crippen molar-refractivity contribution in [1.82, 2.24) is 9.88 Å². The molecule has 1 aromatic heterocycles. The fourth-order valence-corrected chi connectivity index (χ4v) is 3.98. The standard InChI is InChI=1S/C22H25N3OS/c1-3-4-5-21-17(2)24-22(27-21)26-20-8-6-18(7-9-20)10-13-25-14-11-19(16-23)12-15-25/h3-9,19H,1,10-15H2,2H3/b5-4-. The Hall–Kier alpha value is -2.42. The molecule has 27 heavy (non-hydrogen) atoms. The van der Waals surface area contributed by atoms with Crippen molar-refractivity contribution in [3.8, 4) is 17.0 Å². The molecule has 2 heterocycles. The lowest BCUT2D eigenvalue weighted by atomic mass is 9.98. The normalized spacial score (nSPS) is 15.7. The van der Waals surface area contributed by atoms with Crippen molar-refractivity contribution in [2.45, 2.75) is 26.2 Å². The monoisotopic (exact) mass is 379 g/mol. The topological polar surface area (TPSA) is 49.1 Å². The molecule has 0 unspecified atom stereocenters. The molecule has 3 rings (SSSR count). The number of thiazole rings is 1. The minimum absolute atomic E-state index is 0.250. The third-order valence-electron chi connectivity index (χ3n) is 4.81. The van der Waals surface area contributed by atoms with Gasteiger partial charge in [0.25, 0.3) is 5.19 Å². The molecule has 0 radical (unpaired) electrons. The van der Waals surface area contributed by atoms with E-state index in [0.717, 1.165) is 55.2 Å². The Morgan fingerprint density at radius 2 is 2.07 bits per heavy atom. The van der Waals surface area contributed by atoms with Gasteiger partial charge in [-0.05, 0) is 63.0 Å². The Labute approximate surface area is 165 Å². The summed E-state index contributed by atoms with van der Waals surface area (Å²) in [5, 5.41) is 9.64. The van der Waals surface area contributed by atoms with Crippen molar-refractivity contribution in [1.29, 1.82) is 5.26 Å². The predicted molar refractivity (Wildman–Crippen MR) is 111 cm³/mol. The van der Waals surface area contributed by atoms with Crippen LogP contribution in [0.3, 0.4) is 0 Å². The summed E-state index contributed by atoms with van der Waals surface area (Å²) in [6.45, 7) is 8.78. The zero-order valence-electron chi connectivity index (χ0n) is 15.7. The molecule has 0 aliphatic carbocycles. The van der Waals surface area contributed by atoms with Crippen LogP contribution in [0.15, 0.2) is 43.0 Å². The van der Waals surface area contributed by atoms with Crippen molar-refractivity contribution in [2.24, 2.45) is 5.92 Å². The van der Waals surface area contributed by atoms with E-state index in [2.05, 4.69) is 34.7 Å². The quantitative estimate of drug-likeness (QED) is 0.619. The Kier molecular flexibility index (Phi) is 6.80. The third-order valence-corrected chi connectivity index (χ3v) is 5.81. The van der Waals surface area contributed by atoms with Crippen molar-refractivity contribution in [3.05, 3.63) is 59.1 Å². The van der Waals surface area contributed by atoms with Crippen LogP contribution in [-0.4, -0.2) is 29.5 Å². The van der Waals surface area contributed by atoms with Crippen LogP contribution in [0.5, 0.6) is 10.9 Å². The van der Waals surface area contributed by atoms with E-state index < -0.39 is 0 Å². The smallest absolute Gasteiger partial charge is 0.279 e. The van der Waals surface area contributed by atoms with Gasteiger partial charge in [-0.2, -0.15) is 5.26 Å². The van der Waals surface area contributed by atoms with Gasteiger partial charge >= 0.3 is 0 Å². The van der Waals surface area contributed by atoms with Gasteiger partial charge in [-0.25, -0.2) is 4.98 Å². The summed E-state index contributed by atoms with van der Waals surface area (Å²) in [6, 6.07) is 10.6. The second kappa shape index (κ2) is 9.50. The minimum atomic E-state index is 0.250. The number of benzene rings is 1. The zero-order valence-corrected chi connectivity index (χ0v) is 16.5. The number of hydrogen-bond donors (Lipinski definition) is 0. The molecule has 5 heteroatoms. The molecule has 140 valence electrons. The molecule has 0 N–H and O–H groups in total. The summed E-state index contributed by atoms with van der Waals surface area (Å²) >= 11 is 1.53. The number of rotatable bonds is 7. The molecule has 2 aromatic rings. The molecular weight excluding hydrogens is 354 g/mol. The van der Waals surface area contributed by atoms with Gasteiger partial charge in [-0.1, -0.05) is 42.2 Å². The Morgan fingerprint density at radius 3 is 2.74 bits per heavy atom. The minimum Gasteiger partial charge on any atom is -0.431 e. The van der Waals surface area contributed by atoms with Crippen LogP contribution in [0.1, 0.15) is 29.0 Å². The molecule has 0 amide bonds. The number of nitrogens with zero attached hydrogens (tertiary/aromatic N) is 3. The van der Waals surface area contributed by atoms with Gasteiger partial charge in [0.05, 0.1) is 16.6 Å². The van der Waals surface area contributed by atoms with Crippen LogP contribution in [-0.2, 0) is 6.42 Å². The lowest BCUT2D eigenvalue weighted by molar-refractivity contribution is 0.208. The number of allylic oxidation sites excluding steroid dienone is 2. The highest BCUT2D eigenvalue weighted by molar-refractivity contribution is 7.14. The summed E-state index contributed by atoms with van der Waals surface area (Å²) in [4.78, 5) is 8.01.